The van der Waals surface area contributed by atoms with Crippen LogP contribution in [0.25, 0.3) is 0 Å². The summed E-state index contributed by atoms with van der Waals surface area (Å²) in [6, 6.07) is 8.95. The number of hydrogen-bond donors (Lipinski definition) is 0. The summed E-state index contributed by atoms with van der Waals surface area (Å²) in [5.41, 5.74) is 1.14. The molecule has 1 aromatic carbocycles. The Labute approximate surface area is 134 Å². The van der Waals surface area contributed by atoms with Crippen LogP contribution in [-0.2, 0) is 11.3 Å². The smallest absolute Gasteiger partial charge is 0.124 e. The van der Waals surface area contributed by atoms with Gasteiger partial charge in [-0.05, 0) is 26.8 Å². The first-order valence-electron chi connectivity index (χ1n) is 8.34. The zero-order valence-electron chi connectivity index (χ0n) is 14.0. The average Bonchev–Trinajstić information content (AvgIpc) is 2.60. The fraction of sp³-hybridized carbons (Fsp3) is 0.667. The fourth-order valence-corrected chi connectivity index (χ4v) is 3.42. The summed E-state index contributed by atoms with van der Waals surface area (Å²) in [4.78, 5) is 5.06. The van der Waals surface area contributed by atoms with Crippen molar-refractivity contribution in [1.29, 1.82) is 0 Å². The zero-order valence-corrected chi connectivity index (χ0v) is 14.0. The lowest BCUT2D eigenvalue weighted by Crippen LogP contribution is -2.48. The lowest BCUT2D eigenvalue weighted by Gasteiger charge is -2.35. The number of para-hydroxylation sites is 1. The minimum absolute atomic E-state index is 0.150. The predicted molar refractivity (Wildman–Crippen MR) is 88.3 cm³/mol. The van der Waals surface area contributed by atoms with Gasteiger partial charge in [-0.1, -0.05) is 18.2 Å². The molecule has 122 valence electrons. The maximum absolute atomic E-state index is 6.21. The molecule has 1 unspecified atom stereocenters. The number of rotatable bonds is 3. The molecule has 1 atom stereocenters. The highest BCUT2D eigenvalue weighted by atomic mass is 16.5. The van der Waals surface area contributed by atoms with Crippen LogP contribution >= 0.6 is 0 Å². The Morgan fingerprint density at radius 2 is 2.05 bits per heavy atom. The normalized spacial score (nSPS) is 26.0. The molecule has 0 aromatic heterocycles. The molecule has 0 aliphatic carbocycles. The van der Waals surface area contributed by atoms with Crippen LogP contribution in [0.1, 0.15) is 26.3 Å². The summed E-state index contributed by atoms with van der Waals surface area (Å²) in [5.74, 6) is 1.04. The van der Waals surface area contributed by atoms with Gasteiger partial charge in [0.1, 0.15) is 11.4 Å². The molecule has 2 aliphatic rings. The minimum atomic E-state index is -0.150. The molecule has 0 radical (unpaired) electrons. The first kappa shape index (κ1) is 15.8. The van der Waals surface area contributed by atoms with Crippen molar-refractivity contribution in [2.75, 3.05) is 39.4 Å². The predicted octanol–water partition coefficient (Wildman–Crippen LogP) is 2.38. The van der Waals surface area contributed by atoms with Crippen molar-refractivity contribution in [2.45, 2.75) is 39.0 Å². The van der Waals surface area contributed by atoms with Crippen molar-refractivity contribution in [3.63, 3.8) is 0 Å². The van der Waals surface area contributed by atoms with Crippen LogP contribution in [0.5, 0.6) is 5.75 Å². The number of benzene rings is 1. The van der Waals surface area contributed by atoms with E-state index >= 15 is 0 Å². The van der Waals surface area contributed by atoms with Crippen LogP contribution in [0, 0.1) is 0 Å². The van der Waals surface area contributed by atoms with Crippen LogP contribution in [-0.4, -0.2) is 60.8 Å². The Bertz CT molecular complexity index is 504. The first-order chi connectivity index (χ1) is 10.5. The van der Waals surface area contributed by atoms with Gasteiger partial charge in [-0.3, -0.25) is 9.80 Å². The third kappa shape index (κ3) is 3.80. The first-order valence-corrected chi connectivity index (χ1v) is 8.34. The van der Waals surface area contributed by atoms with E-state index < -0.39 is 0 Å². The average molecular weight is 304 g/mol. The third-order valence-corrected chi connectivity index (χ3v) is 4.57. The lowest BCUT2D eigenvalue weighted by atomic mass is 10.1. The maximum atomic E-state index is 6.21. The Morgan fingerprint density at radius 1 is 1.23 bits per heavy atom. The topological polar surface area (TPSA) is 24.9 Å². The number of nitrogens with zero attached hydrogens (tertiary/aromatic N) is 2. The molecule has 22 heavy (non-hydrogen) atoms. The monoisotopic (exact) mass is 304 g/mol. The molecule has 2 aliphatic heterocycles. The zero-order chi connectivity index (χ0) is 15.6. The van der Waals surface area contributed by atoms with Gasteiger partial charge < -0.3 is 9.47 Å². The minimum Gasteiger partial charge on any atom is -0.486 e. The summed E-state index contributed by atoms with van der Waals surface area (Å²) in [6.45, 7) is 13.5. The van der Waals surface area contributed by atoms with Gasteiger partial charge >= 0.3 is 0 Å². The quantitative estimate of drug-likeness (QED) is 0.856. The van der Waals surface area contributed by atoms with Crippen molar-refractivity contribution in [2.24, 2.45) is 0 Å². The van der Waals surface area contributed by atoms with Crippen LogP contribution in [0.4, 0.5) is 0 Å². The van der Waals surface area contributed by atoms with E-state index in [-0.39, 0.29) is 5.60 Å². The molecule has 1 aromatic rings. The van der Waals surface area contributed by atoms with Crippen LogP contribution in [0.2, 0.25) is 0 Å². The summed E-state index contributed by atoms with van der Waals surface area (Å²) in [6.07, 6.45) is 0. The highest BCUT2D eigenvalue weighted by Crippen LogP contribution is 2.29. The second kappa shape index (κ2) is 6.57. The highest BCUT2D eigenvalue weighted by molar-refractivity contribution is 5.34. The van der Waals surface area contributed by atoms with E-state index in [1.165, 1.54) is 5.56 Å². The van der Waals surface area contributed by atoms with E-state index in [4.69, 9.17) is 9.47 Å². The largest absolute Gasteiger partial charge is 0.486 e. The van der Waals surface area contributed by atoms with Gasteiger partial charge in [0.2, 0.25) is 0 Å². The van der Waals surface area contributed by atoms with Gasteiger partial charge in [0.25, 0.3) is 0 Å². The molecule has 1 fully saturated rings. The third-order valence-electron chi connectivity index (χ3n) is 4.57. The second-order valence-corrected chi connectivity index (χ2v) is 7.14. The van der Waals surface area contributed by atoms with Crippen molar-refractivity contribution in [1.82, 2.24) is 9.80 Å². The summed E-state index contributed by atoms with van der Waals surface area (Å²) in [7, 11) is 0. The lowest BCUT2D eigenvalue weighted by molar-refractivity contribution is -0.00747. The Morgan fingerprint density at radius 3 is 2.86 bits per heavy atom. The van der Waals surface area contributed by atoms with Gasteiger partial charge in [0, 0.05) is 44.3 Å². The van der Waals surface area contributed by atoms with Crippen LogP contribution in [0.3, 0.4) is 0 Å². The second-order valence-electron chi connectivity index (χ2n) is 7.14. The molecule has 1 saturated heterocycles. The Balaban J connectivity index is 1.66. The molecular formula is C18H28N2O2. The molecule has 2 heterocycles. The SMILES string of the molecule is CC1COCCN1CCN1Cc2ccccc2OC(C)(C)C1. The van der Waals surface area contributed by atoms with E-state index in [1.54, 1.807) is 0 Å². The molecule has 4 nitrogen and oxygen atoms in total. The highest BCUT2D eigenvalue weighted by Gasteiger charge is 2.29. The number of fused-ring (bicyclic) bond motifs is 1. The molecule has 0 amide bonds. The van der Waals surface area contributed by atoms with Crippen molar-refractivity contribution in [3.8, 4) is 5.75 Å². The standard InChI is InChI=1S/C18H28N2O2/c1-15-13-21-11-10-20(15)9-8-19-12-16-6-4-5-7-17(16)22-18(2,3)14-19/h4-7,15H,8-14H2,1-3H3. The molecule has 0 bridgehead atoms. The summed E-state index contributed by atoms with van der Waals surface area (Å²) in [5, 5.41) is 0. The Hall–Kier alpha value is -1.10. The number of ether oxygens (including phenoxy) is 2. The van der Waals surface area contributed by atoms with Gasteiger partial charge in [-0.15, -0.1) is 0 Å². The van der Waals surface area contributed by atoms with Crippen molar-refractivity contribution >= 4 is 0 Å². The van der Waals surface area contributed by atoms with E-state index in [0.717, 1.165) is 51.7 Å². The van der Waals surface area contributed by atoms with Crippen molar-refractivity contribution < 1.29 is 9.47 Å². The maximum Gasteiger partial charge on any atom is 0.124 e. The number of hydrogen-bond acceptors (Lipinski definition) is 4. The molecule has 0 saturated carbocycles. The fourth-order valence-electron chi connectivity index (χ4n) is 3.42. The number of morpholine rings is 1. The van der Waals surface area contributed by atoms with Gasteiger partial charge in [0.15, 0.2) is 0 Å². The van der Waals surface area contributed by atoms with E-state index in [2.05, 4.69) is 54.8 Å². The van der Waals surface area contributed by atoms with Crippen LogP contribution < -0.4 is 4.74 Å². The van der Waals surface area contributed by atoms with Gasteiger partial charge in [-0.25, -0.2) is 0 Å². The molecule has 4 heteroatoms. The van der Waals surface area contributed by atoms with Gasteiger partial charge in [-0.2, -0.15) is 0 Å². The molecule has 0 spiro atoms. The van der Waals surface area contributed by atoms with Crippen LogP contribution in [0.15, 0.2) is 24.3 Å². The molecule has 3 rings (SSSR count). The van der Waals surface area contributed by atoms with E-state index in [0.29, 0.717) is 6.04 Å². The summed E-state index contributed by atoms with van der Waals surface area (Å²) < 4.78 is 11.7. The Kier molecular flexibility index (Phi) is 4.71. The summed E-state index contributed by atoms with van der Waals surface area (Å²) >= 11 is 0. The van der Waals surface area contributed by atoms with Crippen molar-refractivity contribution in [3.05, 3.63) is 29.8 Å². The molecular weight excluding hydrogens is 276 g/mol. The van der Waals surface area contributed by atoms with Gasteiger partial charge in [0.05, 0.1) is 13.2 Å². The molecule has 0 N–H and O–H groups in total. The van der Waals surface area contributed by atoms with E-state index in [9.17, 15) is 0 Å². The van der Waals surface area contributed by atoms with E-state index in [1.807, 2.05) is 0 Å².